The summed E-state index contributed by atoms with van der Waals surface area (Å²) < 4.78 is 22.2. The van der Waals surface area contributed by atoms with Gasteiger partial charge in [-0.3, -0.25) is 0 Å². The molecule has 0 unspecified atom stereocenters. The minimum absolute atomic E-state index is 0.00634. The molecule has 0 fully saturated rings. The van der Waals surface area contributed by atoms with E-state index in [9.17, 15) is 8.42 Å². The summed E-state index contributed by atoms with van der Waals surface area (Å²) in [6, 6.07) is 0. The highest BCUT2D eigenvalue weighted by Gasteiger charge is 2.22. The first-order valence-corrected chi connectivity index (χ1v) is 5.60. The summed E-state index contributed by atoms with van der Waals surface area (Å²) in [6.45, 7) is 0.536. The van der Waals surface area contributed by atoms with Gasteiger partial charge in [0.05, 0.1) is 11.1 Å². The van der Waals surface area contributed by atoms with E-state index in [1.165, 1.54) is 5.41 Å². The fraction of sp³-hybridized carbons (Fsp3) is 0.500. The molecule has 1 aliphatic heterocycles. The molecule has 12 heavy (non-hydrogen) atoms. The summed E-state index contributed by atoms with van der Waals surface area (Å²) in [6.07, 6.45) is 0. The van der Waals surface area contributed by atoms with Gasteiger partial charge in [0.2, 0.25) is 13.8 Å². The molecule has 0 atom stereocenters. The predicted molar refractivity (Wildman–Crippen MR) is 51.9 cm³/mol. The van der Waals surface area contributed by atoms with E-state index in [2.05, 4.69) is 20.9 Å². The molecule has 6 heteroatoms. The number of aliphatic imine (C=N–C) groups is 1. The zero-order valence-corrected chi connectivity index (χ0v) is 9.18. The van der Waals surface area contributed by atoms with Crippen molar-refractivity contribution in [3.8, 4) is 0 Å². The van der Waals surface area contributed by atoms with Gasteiger partial charge >= 0.3 is 0 Å². The molecule has 4 nitrogen and oxygen atoms in total. The maximum atomic E-state index is 11.1. The molecule has 0 aromatic carbocycles. The highest BCUT2D eigenvalue weighted by atomic mass is 79.9. The second-order valence-electron chi connectivity index (χ2n) is 2.76. The molecule has 0 bridgehead atoms. The second-order valence-corrected chi connectivity index (χ2v) is 5.75. The topological polar surface area (TPSA) is 49.7 Å². The Morgan fingerprint density at radius 3 is 2.50 bits per heavy atom. The first-order valence-electron chi connectivity index (χ1n) is 3.26. The van der Waals surface area contributed by atoms with Crippen LogP contribution in [0.2, 0.25) is 0 Å². The van der Waals surface area contributed by atoms with Crippen molar-refractivity contribution >= 4 is 29.7 Å². The Morgan fingerprint density at radius 1 is 1.58 bits per heavy atom. The van der Waals surface area contributed by atoms with E-state index in [0.717, 1.165) is 0 Å². The molecule has 0 aromatic heterocycles. The van der Waals surface area contributed by atoms with Gasteiger partial charge in [-0.1, -0.05) is 0 Å². The van der Waals surface area contributed by atoms with Gasteiger partial charge in [0, 0.05) is 6.54 Å². The van der Waals surface area contributed by atoms with Crippen LogP contribution < -0.4 is 0 Å². The molecular weight excluding hydrogens is 244 g/mol. The molecule has 0 aliphatic carbocycles. The fourth-order valence-corrected chi connectivity index (χ4v) is 2.16. The number of hydrogen-bond acceptors (Lipinski definition) is 4. The summed E-state index contributed by atoms with van der Waals surface area (Å²) in [7, 11) is 0.471. The van der Waals surface area contributed by atoms with Crippen molar-refractivity contribution in [2.24, 2.45) is 4.99 Å². The Kier molecular flexibility index (Phi) is 2.70. The lowest BCUT2D eigenvalue weighted by atomic mass is 10.5. The van der Waals surface area contributed by atoms with Gasteiger partial charge in [-0.15, -0.1) is 0 Å². The van der Waals surface area contributed by atoms with Crippen LogP contribution in [0.3, 0.4) is 0 Å². The molecule has 0 spiro atoms. The van der Waals surface area contributed by atoms with Gasteiger partial charge in [0.15, 0.2) is 0 Å². The van der Waals surface area contributed by atoms with Crippen molar-refractivity contribution < 1.29 is 8.42 Å². The first kappa shape index (κ1) is 9.88. The van der Waals surface area contributed by atoms with Crippen LogP contribution in [0.1, 0.15) is 0 Å². The lowest BCUT2D eigenvalue weighted by molar-refractivity contribution is 0.444. The third kappa shape index (κ3) is 2.15. The normalized spacial score (nSPS) is 21.0. The van der Waals surface area contributed by atoms with E-state index in [-0.39, 0.29) is 3.95 Å². The van der Waals surface area contributed by atoms with Crippen molar-refractivity contribution in [2.75, 3.05) is 20.6 Å². The number of hydrogen-bond donors (Lipinski definition) is 0. The summed E-state index contributed by atoms with van der Waals surface area (Å²) in [5.41, 5.74) is 0.562. The van der Waals surface area contributed by atoms with E-state index in [1.807, 2.05) is 19.0 Å². The Hall–Kier alpha value is -0.200. The number of halogens is 1. The van der Waals surface area contributed by atoms with E-state index in [4.69, 9.17) is 0 Å². The maximum absolute atomic E-state index is 11.1. The van der Waals surface area contributed by atoms with Crippen LogP contribution in [-0.2, 0) is 9.84 Å². The summed E-state index contributed by atoms with van der Waals surface area (Å²) in [5, 5.41) is 1.18. The van der Waals surface area contributed by atoms with Crippen molar-refractivity contribution in [3.63, 3.8) is 0 Å². The lowest BCUT2D eigenvalue weighted by Gasteiger charge is -2.06. The average Bonchev–Trinajstić information content (AvgIpc) is 2.04. The lowest BCUT2D eigenvalue weighted by Crippen LogP contribution is -2.13. The average molecular weight is 253 g/mol. The van der Waals surface area contributed by atoms with E-state index in [0.29, 0.717) is 12.2 Å². The van der Waals surface area contributed by atoms with Gasteiger partial charge in [0.25, 0.3) is 0 Å². The van der Waals surface area contributed by atoms with Gasteiger partial charge in [-0.25, -0.2) is 13.4 Å². The molecule has 0 radical (unpaired) electrons. The Morgan fingerprint density at radius 2 is 2.17 bits per heavy atom. The molecule has 0 N–H and O–H groups in total. The predicted octanol–water partition coefficient (Wildman–Crippen LogP) is 0.569. The molecule has 0 saturated heterocycles. The number of sulfone groups is 1. The molecule has 0 aromatic rings. The summed E-state index contributed by atoms with van der Waals surface area (Å²) in [5.74, 6) is 0. The van der Waals surface area contributed by atoms with Crippen LogP contribution in [0.5, 0.6) is 0 Å². The molecular formula is C6H9BrN2O2S. The van der Waals surface area contributed by atoms with Crippen LogP contribution >= 0.6 is 15.9 Å². The fourth-order valence-electron chi connectivity index (χ4n) is 0.827. The van der Waals surface area contributed by atoms with Crippen molar-refractivity contribution in [1.82, 2.24) is 4.90 Å². The molecule has 0 saturated carbocycles. The largest absolute Gasteiger partial charge is 0.304 e. The molecule has 1 heterocycles. The minimum atomic E-state index is -3.24. The maximum Gasteiger partial charge on any atom is 0.225 e. The third-order valence-corrected chi connectivity index (χ3v) is 3.91. The number of nitrogens with zero attached hydrogens (tertiary/aromatic N) is 2. The minimum Gasteiger partial charge on any atom is -0.304 e. The molecule has 1 rings (SSSR count). The van der Waals surface area contributed by atoms with E-state index < -0.39 is 9.84 Å². The van der Waals surface area contributed by atoms with Crippen LogP contribution in [0.15, 0.2) is 16.1 Å². The molecule has 0 amide bonds. The van der Waals surface area contributed by atoms with Gasteiger partial charge < -0.3 is 4.90 Å². The monoisotopic (exact) mass is 252 g/mol. The van der Waals surface area contributed by atoms with Gasteiger partial charge in [-0.05, 0) is 30.0 Å². The first-order chi connectivity index (χ1) is 5.42. The van der Waals surface area contributed by atoms with Crippen molar-refractivity contribution in [2.45, 2.75) is 0 Å². The second kappa shape index (κ2) is 3.27. The smallest absolute Gasteiger partial charge is 0.225 e. The van der Waals surface area contributed by atoms with Crippen LogP contribution in [0.4, 0.5) is 0 Å². The SMILES string of the molecule is CN(C)CC1=CS(=O)(=O)C(Br)=N1. The van der Waals surface area contributed by atoms with Crippen LogP contribution in [-0.4, -0.2) is 37.9 Å². The highest BCUT2D eigenvalue weighted by molar-refractivity contribution is 9.21. The number of likely N-dealkylation sites (N-methyl/N-ethyl adjacent to an activating group) is 1. The summed E-state index contributed by atoms with van der Waals surface area (Å²) >= 11 is 2.88. The Balaban J connectivity index is 2.87. The van der Waals surface area contributed by atoms with Gasteiger partial charge in [-0.2, -0.15) is 0 Å². The van der Waals surface area contributed by atoms with Crippen LogP contribution in [0, 0.1) is 0 Å². The van der Waals surface area contributed by atoms with Crippen molar-refractivity contribution in [1.29, 1.82) is 0 Å². The Labute approximate surface area is 80.0 Å². The standard InChI is InChI=1S/C6H9BrN2O2S/c1-9(2)3-5-4-12(10,11)6(7)8-5/h4H,3H2,1-2H3. The zero-order chi connectivity index (χ0) is 9.35. The van der Waals surface area contributed by atoms with Crippen LogP contribution in [0.25, 0.3) is 0 Å². The highest BCUT2D eigenvalue weighted by Crippen LogP contribution is 2.18. The van der Waals surface area contributed by atoms with Gasteiger partial charge in [0.1, 0.15) is 0 Å². The van der Waals surface area contributed by atoms with E-state index >= 15 is 0 Å². The van der Waals surface area contributed by atoms with Crippen molar-refractivity contribution in [3.05, 3.63) is 11.1 Å². The quantitative estimate of drug-likeness (QED) is 0.722. The Bertz CT molecular complexity index is 343. The number of rotatable bonds is 2. The summed E-state index contributed by atoms with van der Waals surface area (Å²) in [4.78, 5) is 5.70. The van der Waals surface area contributed by atoms with E-state index in [1.54, 1.807) is 0 Å². The third-order valence-electron chi connectivity index (χ3n) is 1.24. The zero-order valence-electron chi connectivity index (χ0n) is 6.78. The molecule has 68 valence electrons. The molecule has 1 aliphatic rings.